The van der Waals surface area contributed by atoms with Gasteiger partial charge in [-0.3, -0.25) is 4.79 Å². The number of carbonyl (C=O) groups excluding carboxylic acids is 1. The Morgan fingerprint density at radius 3 is 3.06 bits per heavy atom. The SMILES string of the molecule is Cc1cc(Cl)ccc1CNC1CCCCNC1=O. The number of halogens is 1. The molecule has 1 atom stereocenters. The molecule has 0 bridgehead atoms. The molecule has 0 aromatic heterocycles. The lowest BCUT2D eigenvalue weighted by molar-refractivity contribution is -0.122. The summed E-state index contributed by atoms with van der Waals surface area (Å²) in [7, 11) is 0. The molecule has 1 aliphatic heterocycles. The predicted octanol–water partition coefficient (Wildman–Crippen LogP) is 2.41. The Bertz CT molecular complexity index is 434. The van der Waals surface area contributed by atoms with E-state index in [-0.39, 0.29) is 11.9 Å². The largest absolute Gasteiger partial charge is 0.355 e. The molecule has 98 valence electrons. The van der Waals surface area contributed by atoms with Crippen LogP contribution >= 0.6 is 11.6 Å². The second-order valence-corrected chi connectivity index (χ2v) is 5.23. The van der Waals surface area contributed by atoms with Crippen LogP contribution in [-0.4, -0.2) is 18.5 Å². The molecule has 1 fully saturated rings. The average Bonchev–Trinajstić information content (AvgIpc) is 2.53. The van der Waals surface area contributed by atoms with Gasteiger partial charge < -0.3 is 10.6 Å². The number of rotatable bonds is 3. The van der Waals surface area contributed by atoms with Crippen LogP contribution in [0.4, 0.5) is 0 Å². The summed E-state index contributed by atoms with van der Waals surface area (Å²) in [4.78, 5) is 11.8. The minimum Gasteiger partial charge on any atom is -0.355 e. The maximum atomic E-state index is 11.8. The minimum atomic E-state index is -0.0671. The highest BCUT2D eigenvalue weighted by Gasteiger charge is 2.19. The molecule has 2 rings (SSSR count). The molecule has 1 heterocycles. The molecule has 1 aromatic carbocycles. The van der Waals surface area contributed by atoms with Crippen molar-refractivity contribution in [1.82, 2.24) is 10.6 Å². The first-order valence-corrected chi connectivity index (χ1v) is 6.81. The second-order valence-electron chi connectivity index (χ2n) is 4.79. The summed E-state index contributed by atoms with van der Waals surface area (Å²) in [5, 5.41) is 7.02. The third kappa shape index (κ3) is 3.47. The number of hydrogen-bond donors (Lipinski definition) is 2. The van der Waals surface area contributed by atoms with Gasteiger partial charge in [0, 0.05) is 18.1 Å². The van der Waals surface area contributed by atoms with E-state index in [1.165, 1.54) is 5.56 Å². The molecule has 4 heteroatoms. The molecule has 1 saturated heterocycles. The Morgan fingerprint density at radius 2 is 2.28 bits per heavy atom. The number of carbonyl (C=O) groups is 1. The van der Waals surface area contributed by atoms with Crippen molar-refractivity contribution in [2.24, 2.45) is 0 Å². The Morgan fingerprint density at radius 1 is 1.44 bits per heavy atom. The van der Waals surface area contributed by atoms with Crippen molar-refractivity contribution in [3.8, 4) is 0 Å². The third-order valence-electron chi connectivity index (χ3n) is 3.38. The zero-order valence-corrected chi connectivity index (χ0v) is 11.4. The molecule has 0 spiro atoms. The van der Waals surface area contributed by atoms with Crippen LogP contribution in [0.15, 0.2) is 18.2 Å². The Balaban J connectivity index is 1.95. The first kappa shape index (κ1) is 13.4. The second kappa shape index (κ2) is 6.21. The predicted molar refractivity (Wildman–Crippen MR) is 73.7 cm³/mol. The van der Waals surface area contributed by atoms with Gasteiger partial charge in [0.05, 0.1) is 6.04 Å². The summed E-state index contributed by atoms with van der Waals surface area (Å²) in [5.74, 6) is 0.124. The highest BCUT2D eigenvalue weighted by Crippen LogP contribution is 2.15. The lowest BCUT2D eigenvalue weighted by Gasteiger charge is -2.16. The van der Waals surface area contributed by atoms with Gasteiger partial charge in [0.2, 0.25) is 5.91 Å². The van der Waals surface area contributed by atoms with E-state index in [0.717, 1.165) is 36.4 Å². The number of hydrogen-bond acceptors (Lipinski definition) is 2. The van der Waals surface area contributed by atoms with Crippen molar-refractivity contribution >= 4 is 17.5 Å². The van der Waals surface area contributed by atoms with Gasteiger partial charge in [-0.2, -0.15) is 0 Å². The number of aryl methyl sites for hydroxylation is 1. The van der Waals surface area contributed by atoms with Gasteiger partial charge in [0.1, 0.15) is 0 Å². The van der Waals surface area contributed by atoms with Gasteiger partial charge in [-0.1, -0.05) is 17.7 Å². The fraction of sp³-hybridized carbons (Fsp3) is 0.500. The topological polar surface area (TPSA) is 41.1 Å². The van der Waals surface area contributed by atoms with E-state index in [4.69, 9.17) is 11.6 Å². The Kier molecular flexibility index (Phi) is 4.61. The first-order valence-electron chi connectivity index (χ1n) is 6.43. The smallest absolute Gasteiger partial charge is 0.237 e. The monoisotopic (exact) mass is 266 g/mol. The van der Waals surface area contributed by atoms with E-state index < -0.39 is 0 Å². The van der Waals surface area contributed by atoms with Gasteiger partial charge in [-0.05, 0) is 49.4 Å². The normalized spacial score (nSPS) is 20.3. The molecule has 1 aliphatic rings. The summed E-state index contributed by atoms with van der Waals surface area (Å²) < 4.78 is 0. The van der Waals surface area contributed by atoms with Crippen LogP contribution in [0.5, 0.6) is 0 Å². The zero-order valence-electron chi connectivity index (χ0n) is 10.6. The van der Waals surface area contributed by atoms with Crippen molar-refractivity contribution in [3.05, 3.63) is 34.3 Å². The van der Waals surface area contributed by atoms with Crippen LogP contribution in [0, 0.1) is 6.92 Å². The van der Waals surface area contributed by atoms with Crippen LogP contribution in [0.2, 0.25) is 5.02 Å². The summed E-state index contributed by atoms with van der Waals surface area (Å²) in [6, 6.07) is 5.78. The quantitative estimate of drug-likeness (QED) is 0.882. The van der Waals surface area contributed by atoms with Crippen LogP contribution < -0.4 is 10.6 Å². The van der Waals surface area contributed by atoms with E-state index in [1.807, 2.05) is 25.1 Å². The maximum absolute atomic E-state index is 11.8. The lowest BCUT2D eigenvalue weighted by Crippen LogP contribution is -2.42. The summed E-state index contributed by atoms with van der Waals surface area (Å²) in [6.07, 6.45) is 3.08. The van der Waals surface area contributed by atoms with Crippen LogP contribution in [-0.2, 0) is 11.3 Å². The van der Waals surface area contributed by atoms with Crippen molar-refractivity contribution in [2.75, 3.05) is 6.54 Å². The molecular weight excluding hydrogens is 248 g/mol. The highest BCUT2D eigenvalue weighted by molar-refractivity contribution is 6.30. The van der Waals surface area contributed by atoms with Gasteiger partial charge in [0.15, 0.2) is 0 Å². The summed E-state index contributed by atoms with van der Waals surface area (Å²) >= 11 is 5.93. The highest BCUT2D eigenvalue weighted by atomic mass is 35.5. The van der Waals surface area contributed by atoms with Crippen molar-refractivity contribution < 1.29 is 4.79 Å². The molecule has 1 unspecified atom stereocenters. The van der Waals surface area contributed by atoms with Crippen LogP contribution in [0.3, 0.4) is 0 Å². The van der Waals surface area contributed by atoms with Gasteiger partial charge in [0.25, 0.3) is 0 Å². The molecule has 18 heavy (non-hydrogen) atoms. The van der Waals surface area contributed by atoms with E-state index >= 15 is 0 Å². The van der Waals surface area contributed by atoms with E-state index in [1.54, 1.807) is 0 Å². The van der Waals surface area contributed by atoms with E-state index in [9.17, 15) is 4.79 Å². The molecular formula is C14H19ClN2O. The summed E-state index contributed by atoms with van der Waals surface area (Å²) in [5.41, 5.74) is 2.35. The fourth-order valence-corrected chi connectivity index (χ4v) is 2.45. The number of amides is 1. The number of benzene rings is 1. The minimum absolute atomic E-state index is 0.0671. The van der Waals surface area contributed by atoms with Crippen molar-refractivity contribution in [2.45, 2.75) is 38.8 Å². The molecule has 0 aliphatic carbocycles. The fourth-order valence-electron chi connectivity index (χ4n) is 2.22. The molecule has 3 nitrogen and oxygen atoms in total. The molecule has 1 aromatic rings. The third-order valence-corrected chi connectivity index (χ3v) is 3.61. The molecule has 0 radical (unpaired) electrons. The Hall–Kier alpha value is -1.06. The standard InChI is InChI=1S/C14H19ClN2O/c1-10-8-12(15)6-5-11(10)9-17-13-4-2-3-7-16-14(13)18/h5-6,8,13,17H,2-4,7,9H2,1H3,(H,16,18). The van der Waals surface area contributed by atoms with Crippen LogP contribution in [0.1, 0.15) is 30.4 Å². The summed E-state index contributed by atoms with van der Waals surface area (Å²) in [6.45, 7) is 3.55. The van der Waals surface area contributed by atoms with Gasteiger partial charge in [-0.25, -0.2) is 0 Å². The maximum Gasteiger partial charge on any atom is 0.237 e. The van der Waals surface area contributed by atoms with E-state index in [0.29, 0.717) is 6.54 Å². The van der Waals surface area contributed by atoms with Crippen molar-refractivity contribution in [3.63, 3.8) is 0 Å². The number of nitrogens with one attached hydrogen (secondary N) is 2. The van der Waals surface area contributed by atoms with E-state index in [2.05, 4.69) is 10.6 Å². The average molecular weight is 267 g/mol. The lowest BCUT2D eigenvalue weighted by atomic mass is 10.1. The van der Waals surface area contributed by atoms with Crippen molar-refractivity contribution in [1.29, 1.82) is 0 Å². The van der Waals surface area contributed by atoms with Gasteiger partial charge in [-0.15, -0.1) is 0 Å². The molecule has 2 N–H and O–H groups in total. The van der Waals surface area contributed by atoms with Gasteiger partial charge >= 0.3 is 0 Å². The Labute approximate surface area is 113 Å². The first-order chi connectivity index (χ1) is 8.66. The molecule has 0 saturated carbocycles. The molecule has 1 amide bonds. The zero-order chi connectivity index (χ0) is 13.0. The van der Waals surface area contributed by atoms with Crippen LogP contribution in [0.25, 0.3) is 0 Å².